The summed E-state index contributed by atoms with van der Waals surface area (Å²) < 4.78 is 25.1. The molecule has 2 unspecified atom stereocenters. The predicted molar refractivity (Wildman–Crippen MR) is 113 cm³/mol. The Morgan fingerprint density at radius 1 is 1.32 bits per heavy atom. The van der Waals surface area contributed by atoms with Gasteiger partial charge in [-0.25, -0.2) is 4.39 Å². The summed E-state index contributed by atoms with van der Waals surface area (Å²) in [5.41, 5.74) is 6.01. The van der Waals surface area contributed by atoms with Gasteiger partial charge in [-0.05, 0) is 25.1 Å². The fourth-order valence-electron chi connectivity index (χ4n) is 3.71. The summed E-state index contributed by atoms with van der Waals surface area (Å²) in [6.45, 7) is 8.98. The summed E-state index contributed by atoms with van der Waals surface area (Å²) in [5, 5.41) is 2.81. The number of nitrogens with zero attached hydrogens (tertiary/aromatic N) is 1. The first-order valence-electron chi connectivity index (χ1n) is 9.13. The Labute approximate surface area is 178 Å². The van der Waals surface area contributed by atoms with Crippen LogP contribution in [0, 0.1) is 11.2 Å². The van der Waals surface area contributed by atoms with Crippen LogP contribution in [0.5, 0.6) is 0 Å². The standard InChI is InChI=1S/C19H28FN3O3.2ClH/c1-4-26-16-12-19(21,18(16,2)3)17(24)22-14-9-13(20)10-15(11-14)23-5-7-25-8-6-23;;/h9-11,16H,4-8,12,21H2,1-3H3,(H,22,24);2*1H. The van der Waals surface area contributed by atoms with Crippen molar-refractivity contribution in [3.05, 3.63) is 24.0 Å². The fraction of sp³-hybridized carbons (Fsp3) is 0.632. The molecule has 1 aliphatic carbocycles. The fourth-order valence-corrected chi connectivity index (χ4v) is 3.71. The van der Waals surface area contributed by atoms with E-state index in [0.29, 0.717) is 45.0 Å². The average molecular weight is 438 g/mol. The van der Waals surface area contributed by atoms with Gasteiger partial charge < -0.3 is 25.4 Å². The molecule has 1 saturated heterocycles. The second-order valence-corrected chi connectivity index (χ2v) is 7.59. The maximum absolute atomic E-state index is 14.1. The first-order chi connectivity index (χ1) is 12.3. The minimum absolute atomic E-state index is 0. The maximum Gasteiger partial charge on any atom is 0.245 e. The van der Waals surface area contributed by atoms with E-state index in [1.54, 1.807) is 6.07 Å². The molecule has 0 spiro atoms. The lowest BCUT2D eigenvalue weighted by atomic mass is 9.54. The maximum atomic E-state index is 14.1. The molecular formula is C19H30Cl2FN3O3. The molecule has 3 N–H and O–H groups in total. The van der Waals surface area contributed by atoms with Crippen LogP contribution in [0.4, 0.5) is 15.8 Å². The van der Waals surface area contributed by atoms with Gasteiger partial charge in [-0.2, -0.15) is 0 Å². The van der Waals surface area contributed by atoms with E-state index in [0.717, 1.165) is 5.69 Å². The molecule has 3 rings (SSSR count). The van der Waals surface area contributed by atoms with Crippen molar-refractivity contribution in [2.45, 2.75) is 38.8 Å². The van der Waals surface area contributed by atoms with Gasteiger partial charge in [0.15, 0.2) is 0 Å². The number of carbonyl (C=O) groups excluding carboxylic acids is 1. The van der Waals surface area contributed by atoms with Crippen LogP contribution in [-0.4, -0.2) is 50.5 Å². The molecule has 9 heteroatoms. The molecule has 1 amide bonds. The van der Waals surface area contributed by atoms with Crippen LogP contribution >= 0.6 is 24.8 Å². The van der Waals surface area contributed by atoms with Crippen LogP contribution in [0.15, 0.2) is 18.2 Å². The molecule has 2 atom stereocenters. The van der Waals surface area contributed by atoms with Crippen molar-refractivity contribution < 1.29 is 18.7 Å². The van der Waals surface area contributed by atoms with Crippen molar-refractivity contribution in [2.24, 2.45) is 11.1 Å². The van der Waals surface area contributed by atoms with Crippen molar-refractivity contribution in [3.63, 3.8) is 0 Å². The quantitative estimate of drug-likeness (QED) is 0.740. The molecule has 2 fully saturated rings. The number of carbonyl (C=O) groups is 1. The Kier molecular flexibility index (Phi) is 8.53. The third-order valence-electron chi connectivity index (χ3n) is 5.75. The molecule has 160 valence electrons. The lowest BCUT2D eigenvalue weighted by molar-refractivity contribution is -0.166. The van der Waals surface area contributed by atoms with Crippen LogP contribution in [0.1, 0.15) is 27.2 Å². The molecule has 0 aromatic heterocycles. The molecule has 2 aliphatic rings. The molecule has 1 aromatic carbocycles. The summed E-state index contributed by atoms with van der Waals surface area (Å²) in [6, 6.07) is 4.57. The lowest BCUT2D eigenvalue weighted by Gasteiger charge is -2.57. The van der Waals surface area contributed by atoms with Crippen LogP contribution in [0.25, 0.3) is 0 Å². The number of hydrogen-bond donors (Lipinski definition) is 2. The zero-order valence-electron chi connectivity index (χ0n) is 16.5. The number of hydrogen-bond acceptors (Lipinski definition) is 5. The minimum atomic E-state index is -1.04. The second-order valence-electron chi connectivity index (χ2n) is 7.59. The number of rotatable bonds is 5. The minimum Gasteiger partial charge on any atom is -0.378 e. The normalized spacial score (nSPS) is 25.8. The third-order valence-corrected chi connectivity index (χ3v) is 5.75. The van der Waals surface area contributed by atoms with E-state index in [-0.39, 0.29) is 36.8 Å². The van der Waals surface area contributed by atoms with Gasteiger partial charge in [0, 0.05) is 42.9 Å². The highest BCUT2D eigenvalue weighted by atomic mass is 35.5. The van der Waals surface area contributed by atoms with E-state index in [2.05, 4.69) is 5.32 Å². The first-order valence-corrected chi connectivity index (χ1v) is 9.13. The third kappa shape index (κ3) is 4.54. The molecule has 6 nitrogen and oxygen atoms in total. The Bertz CT molecular complexity index is 686. The van der Waals surface area contributed by atoms with E-state index in [1.165, 1.54) is 12.1 Å². The molecule has 1 heterocycles. The Balaban J connectivity index is 0.00000196. The van der Waals surface area contributed by atoms with Gasteiger partial charge in [0.25, 0.3) is 0 Å². The Morgan fingerprint density at radius 3 is 2.54 bits per heavy atom. The molecular weight excluding hydrogens is 408 g/mol. The number of morpholine rings is 1. The number of benzene rings is 1. The SMILES string of the molecule is CCOC1CC(N)(C(=O)Nc2cc(F)cc(N3CCOCC3)c2)C1(C)C.Cl.Cl. The van der Waals surface area contributed by atoms with Gasteiger partial charge in [0.05, 0.1) is 19.3 Å². The summed E-state index contributed by atoms with van der Waals surface area (Å²) in [4.78, 5) is 14.9. The van der Waals surface area contributed by atoms with Gasteiger partial charge in [-0.15, -0.1) is 24.8 Å². The van der Waals surface area contributed by atoms with Crippen molar-refractivity contribution >= 4 is 42.1 Å². The molecule has 1 saturated carbocycles. The second kappa shape index (κ2) is 9.59. The molecule has 28 heavy (non-hydrogen) atoms. The highest BCUT2D eigenvalue weighted by Gasteiger charge is 2.62. The number of anilines is 2. The largest absolute Gasteiger partial charge is 0.378 e. The van der Waals surface area contributed by atoms with Gasteiger partial charge in [-0.3, -0.25) is 4.79 Å². The van der Waals surface area contributed by atoms with Crippen LogP contribution in [0.3, 0.4) is 0 Å². The van der Waals surface area contributed by atoms with Crippen LogP contribution in [-0.2, 0) is 14.3 Å². The van der Waals surface area contributed by atoms with E-state index < -0.39 is 16.8 Å². The van der Waals surface area contributed by atoms with Crippen molar-refractivity contribution in [1.82, 2.24) is 0 Å². The average Bonchev–Trinajstić information content (AvgIpc) is 2.61. The summed E-state index contributed by atoms with van der Waals surface area (Å²) in [5.74, 6) is -0.701. The number of nitrogens with two attached hydrogens (primary N) is 1. The predicted octanol–water partition coefficient (Wildman–Crippen LogP) is 2.98. The Hall–Kier alpha value is -1.12. The zero-order valence-corrected chi connectivity index (χ0v) is 18.1. The Morgan fingerprint density at radius 2 is 1.96 bits per heavy atom. The number of amides is 1. The van der Waals surface area contributed by atoms with E-state index in [9.17, 15) is 9.18 Å². The van der Waals surface area contributed by atoms with E-state index in [4.69, 9.17) is 15.2 Å². The van der Waals surface area contributed by atoms with Crippen molar-refractivity contribution in [2.75, 3.05) is 43.1 Å². The van der Waals surface area contributed by atoms with Crippen LogP contribution in [0.2, 0.25) is 0 Å². The smallest absolute Gasteiger partial charge is 0.245 e. The van der Waals surface area contributed by atoms with Crippen LogP contribution < -0.4 is 16.0 Å². The van der Waals surface area contributed by atoms with Gasteiger partial charge in [-0.1, -0.05) is 13.8 Å². The monoisotopic (exact) mass is 437 g/mol. The van der Waals surface area contributed by atoms with Crippen molar-refractivity contribution in [3.8, 4) is 0 Å². The van der Waals surface area contributed by atoms with Crippen molar-refractivity contribution in [1.29, 1.82) is 0 Å². The number of ether oxygens (including phenoxy) is 2. The first kappa shape index (κ1) is 24.9. The highest BCUT2D eigenvalue weighted by Crippen LogP contribution is 2.50. The molecule has 1 aromatic rings. The summed E-state index contributed by atoms with van der Waals surface area (Å²) >= 11 is 0. The molecule has 0 bridgehead atoms. The summed E-state index contributed by atoms with van der Waals surface area (Å²) in [7, 11) is 0. The number of nitrogens with one attached hydrogen (secondary N) is 1. The topological polar surface area (TPSA) is 76.8 Å². The zero-order chi connectivity index (χ0) is 18.9. The summed E-state index contributed by atoms with van der Waals surface area (Å²) in [6.07, 6.45) is 0.394. The van der Waals surface area contributed by atoms with Gasteiger partial charge in [0.2, 0.25) is 5.91 Å². The van der Waals surface area contributed by atoms with Gasteiger partial charge >= 0.3 is 0 Å². The van der Waals surface area contributed by atoms with Gasteiger partial charge in [0.1, 0.15) is 11.4 Å². The lowest BCUT2D eigenvalue weighted by Crippen LogP contribution is -2.74. The molecule has 1 aliphatic heterocycles. The number of halogens is 3. The van der Waals surface area contributed by atoms with E-state index >= 15 is 0 Å². The highest BCUT2D eigenvalue weighted by molar-refractivity contribution is 6.00. The van der Waals surface area contributed by atoms with E-state index in [1.807, 2.05) is 25.7 Å². The molecule has 0 radical (unpaired) electrons.